The predicted molar refractivity (Wildman–Crippen MR) is 75.4 cm³/mol. The summed E-state index contributed by atoms with van der Waals surface area (Å²) in [6, 6.07) is 11.1. The van der Waals surface area contributed by atoms with E-state index in [0.29, 0.717) is 12.0 Å². The van der Waals surface area contributed by atoms with Gasteiger partial charge >= 0.3 is 0 Å². The van der Waals surface area contributed by atoms with Crippen LogP contribution in [0.15, 0.2) is 35.3 Å². The minimum atomic E-state index is 0.473. The summed E-state index contributed by atoms with van der Waals surface area (Å²) in [7, 11) is 1.72. The van der Waals surface area contributed by atoms with Gasteiger partial charge in [-0.2, -0.15) is 0 Å². The van der Waals surface area contributed by atoms with E-state index >= 15 is 0 Å². The summed E-state index contributed by atoms with van der Waals surface area (Å²) in [4.78, 5) is 6.43. The third-order valence-corrected chi connectivity index (χ3v) is 3.43. The second-order valence-corrected chi connectivity index (χ2v) is 4.79. The minimum Gasteiger partial charge on any atom is -0.370 e. The monoisotopic (exact) mass is 246 g/mol. The summed E-state index contributed by atoms with van der Waals surface area (Å²) >= 11 is 0. The first-order valence-corrected chi connectivity index (χ1v) is 6.53. The highest BCUT2D eigenvalue weighted by Crippen LogP contribution is 2.13. The highest BCUT2D eigenvalue weighted by atomic mass is 15.2. The fraction of sp³-hybridized carbons (Fsp3) is 0.500. The number of nitrogens with zero attached hydrogens (tertiary/aromatic N) is 2. The van der Waals surface area contributed by atoms with Crippen LogP contribution >= 0.6 is 0 Å². The van der Waals surface area contributed by atoms with Gasteiger partial charge in [-0.15, -0.1) is 0 Å². The number of hydrogen-bond donors (Lipinski definition) is 2. The Hall–Kier alpha value is -1.55. The van der Waals surface area contributed by atoms with Crippen LogP contribution in [0.2, 0.25) is 0 Å². The van der Waals surface area contributed by atoms with Gasteiger partial charge in [-0.3, -0.25) is 9.89 Å². The van der Waals surface area contributed by atoms with Crippen molar-refractivity contribution in [2.45, 2.75) is 25.4 Å². The van der Waals surface area contributed by atoms with Crippen LogP contribution in [0.1, 0.15) is 18.4 Å². The van der Waals surface area contributed by atoms with E-state index < -0.39 is 0 Å². The maximum Gasteiger partial charge on any atom is 0.188 e. The van der Waals surface area contributed by atoms with Crippen molar-refractivity contribution in [2.75, 3.05) is 20.1 Å². The first-order valence-electron chi connectivity index (χ1n) is 6.53. The molecule has 0 aromatic heterocycles. The lowest BCUT2D eigenvalue weighted by Crippen LogP contribution is -2.46. The predicted octanol–water partition coefficient (Wildman–Crippen LogP) is 1.19. The van der Waals surface area contributed by atoms with Gasteiger partial charge in [0.2, 0.25) is 0 Å². The van der Waals surface area contributed by atoms with Gasteiger partial charge in [-0.25, -0.2) is 0 Å². The van der Waals surface area contributed by atoms with Crippen LogP contribution in [-0.4, -0.2) is 37.0 Å². The number of nitrogens with one attached hydrogen (secondary N) is 1. The molecule has 2 rings (SSSR count). The smallest absolute Gasteiger partial charge is 0.188 e. The summed E-state index contributed by atoms with van der Waals surface area (Å²) in [6.45, 7) is 3.28. The fourth-order valence-electron chi connectivity index (χ4n) is 2.35. The molecule has 0 amide bonds. The molecule has 3 N–H and O–H groups in total. The van der Waals surface area contributed by atoms with E-state index in [2.05, 4.69) is 45.5 Å². The Bertz CT molecular complexity index is 380. The second-order valence-electron chi connectivity index (χ2n) is 4.79. The molecule has 1 aromatic carbocycles. The third-order valence-electron chi connectivity index (χ3n) is 3.43. The normalized spacial score (nSPS) is 18.8. The quantitative estimate of drug-likeness (QED) is 0.622. The molecule has 0 saturated carbocycles. The number of aliphatic imine (C=N–C) groups is 1. The highest BCUT2D eigenvalue weighted by molar-refractivity contribution is 5.77. The molecule has 0 atom stereocenters. The molecular weight excluding hydrogens is 224 g/mol. The highest BCUT2D eigenvalue weighted by Gasteiger charge is 2.19. The van der Waals surface area contributed by atoms with E-state index in [1.807, 2.05) is 0 Å². The maximum atomic E-state index is 5.69. The van der Waals surface area contributed by atoms with Crippen molar-refractivity contribution < 1.29 is 0 Å². The third kappa shape index (κ3) is 3.74. The minimum absolute atomic E-state index is 0.473. The number of likely N-dealkylation sites (tertiary alicyclic amines) is 1. The fourth-order valence-corrected chi connectivity index (χ4v) is 2.35. The van der Waals surface area contributed by atoms with Crippen molar-refractivity contribution in [3.63, 3.8) is 0 Å². The first kappa shape index (κ1) is 12.9. The molecule has 0 unspecified atom stereocenters. The standard InChI is InChI=1S/C14H22N4/c1-16-14(15)17-13-7-9-18(10-8-13)11-12-5-3-2-4-6-12/h2-6,13H,7-11H2,1H3,(H3,15,16,17). The molecule has 1 aromatic rings. The maximum absolute atomic E-state index is 5.69. The summed E-state index contributed by atoms with van der Waals surface area (Å²) in [5.41, 5.74) is 7.07. The zero-order valence-corrected chi connectivity index (χ0v) is 11.0. The topological polar surface area (TPSA) is 53.6 Å². The Morgan fingerprint density at radius 3 is 2.61 bits per heavy atom. The van der Waals surface area contributed by atoms with Gasteiger partial charge in [0.15, 0.2) is 5.96 Å². The van der Waals surface area contributed by atoms with Crippen molar-refractivity contribution in [1.82, 2.24) is 10.2 Å². The zero-order chi connectivity index (χ0) is 12.8. The van der Waals surface area contributed by atoms with Crippen LogP contribution in [0.3, 0.4) is 0 Å². The molecule has 0 bridgehead atoms. The zero-order valence-electron chi connectivity index (χ0n) is 11.0. The van der Waals surface area contributed by atoms with Crippen molar-refractivity contribution in [2.24, 2.45) is 10.7 Å². The van der Waals surface area contributed by atoms with Gasteiger partial charge in [0, 0.05) is 32.7 Å². The van der Waals surface area contributed by atoms with Gasteiger partial charge in [-0.1, -0.05) is 30.3 Å². The van der Waals surface area contributed by atoms with Gasteiger partial charge in [-0.05, 0) is 18.4 Å². The lowest BCUT2D eigenvalue weighted by molar-refractivity contribution is 0.199. The van der Waals surface area contributed by atoms with E-state index in [9.17, 15) is 0 Å². The van der Waals surface area contributed by atoms with E-state index in [1.165, 1.54) is 5.56 Å². The van der Waals surface area contributed by atoms with Crippen molar-refractivity contribution in [3.05, 3.63) is 35.9 Å². The number of benzene rings is 1. The van der Waals surface area contributed by atoms with Crippen LogP contribution in [0.25, 0.3) is 0 Å². The van der Waals surface area contributed by atoms with Gasteiger partial charge in [0.25, 0.3) is 0 Å². The largest absolute Gasteiger partial charge is 0.370 e. The molecule has 0 aliphatic carbocycles. The summed E-state index contributed by atoms with van der Waals surface area (Å²) in [5.74, 6) is 0.552. The van der Waals surface area contributed by atoms with Gasteiger partial charge in [0.1, 0.15) is 0 Å². The Morgan fingerprint density at radius 1 is 1.33 bits per heavy atom. The van der Waals surface area contributed by atoms with Crippen LogP contribution in [0.4, 0.5) is 0 Å². The van der Waals surface area contributed by atoms with Crippen LogP contribution in [-0.2, 0) is 6.54 Å². The van der Waals surface area contributed by atoms with Crippen LogP contribution < -0.4 is 11.1 Å². The molecule has 0 radical (unpaired) electrons. The van der Waals surface area contributed by atoms with Crippen molar-refractivity contribution in [3.8, 4) is 0 Å². The second kappa shape index (κ2) is 6.40. The molecule has 98 valence electrons. The summed E-state index contributed by atoms with van der Waals surface area (Å²) in [6.07, 6.45) is 2.26. The lowest BCUT2D eigenvalue weighted by atomic mass is 10.0. The Labute approximate surface area is 109 Å². The summed E-state index contributed by atoms with van der Waals surface area (Å²) < 4.78 is 0. The first-order chi connectivity index (χ1) is 8.78. The van der Waals surface area contributed by atoms with Gasteiger partial charge < -0.3 is 11.1 Å². The molecule has 1 heterocycles. The SMILES string of the molecule is CN=C(N)NC1CCN(Cc2ccccc2)CC1. The number of piperidine rings is 1. The van der Waals surface area contributed by atoms with E-state index in [-0.39, 0.29) is 0 Å². The molecule has 1 saturated heterocycles. The van der Waals surface area contributed by atoms with Crippen molar-refractivity contribution >= 4 is 5.96 Å². The van der Waals surface area contributed by atoms with Gasteiger partial charge in [0.05, 0.1) is 0 Å². The molecule has 0 spiro atoms. The van der Waals surface area contributed by atoms with E-state index in [0.717, 1.165) is 32.5 Å². The average Bonchev–Trinajstić information content (AvgIpc) is 2.42. The number of guanidine groups is 1. The molecule has 1 aliphatic rings. The lowest BCUT2D eigenvalue weighted by Gasteiger charge is -2.32. The Morgan fingerprint density at radius 2 is 2.00 bits per heavy atom. The summed E-state index contributed by atoms with van der Waals surface area (Å²) in [5, 5.41) is 3.25. The molecular formula is C14H22N4. The number of rotatable bonds is 3. The molecule has 4 heteroatoms. The molecule has 4 nitrogen and oxygen atoms in total. The van der Waals surface area contributed by atoms with Crippen LogP contribution in [0.5, 0.6) is 0 Å². The average molecular weight is 246 g/mol. The Kier molecular flexibility index (Phi) is 4.59. The Balaban J connectivity index is 1.77. The van der Waals surface area contributed by atoms with E-state index in [4.69, 9.17) is 5.73 Å². The molecule has 1 aliphatic heterocycles. The number of nitrogens with two attached hydrogens (primary N) is 1. The van der Waals surface area contributed by atoms with Crippen molar-refractivity contribution in [1.29, 1.82) is 0 Å². The number of hydrogen-bond acceptors (Lipinski definition) is 2. The molecule has 1 fully saturated rings. The van der Waals surface area contributed by atoms with E-state index in [1.54, 1.807) is 7.05 Å². The molecule has 18 heavy (non-hydrogen) atoms. The van der Waals surface area contributed by atoms with Crippen LogP contribution in [0, 0.1) is 0 Å².